The van der Waals surface area contributed by atoms with Crippen molar-refractivity contribution in [3.63, 3.8) is 0 Å². The Labute approximate surface area is 208 Å². The monoisotopic (exact) mass is 500 g/mol. The summed E-state index contributed by atoms with van der Waals surface area (Å²) in [6, 6.07) is 10.9. The second-order valence-corrected chi connectivity index (χ2v) is 11.4. The van der Waals surface area contributed by atoms with E-state index in [0.717, 1.165) is 0 Å². The molecule has 1 aliphatic rings. The van der Waals surface area contributed by atoms with E-state index in [9.17, 15) is 18.2 Å². The van der Waals surface area contributed by atoms with Crippen LogP contribution in [-0.4, -0.2) is 46.3 Å². The van der Waals surface area contributed by atoms with Gasteiger partial charge in [0, 0.05) is 45.5 Å². The highest BCUT2D eigenvalue weighted by Crippen LogP contribution is 2.27. The Balaban J connectivity index is 1.72. The molecule has 0 radical (unpaired) electrons. The van der Waals surface area contributed by atoms with Crippen LogP contribution in [0.1, 0.15) is 44.7 Å². The van der Waals surface area contributed by atoms with Gasteiger partial charge in [0.05, 0.1) is 6.54 Å². The van der Waals surface area contributed by atoms with Gasteiger partial charge in [-0.15, -0.1) is 0 Å². The first-order chi connectivity index (χ1) is 16.6. The molecule has 2 aromatic rings. The Kier molecular flexibility index (Phi) is 8.77. The zero-order valence-corrected chi connectivity index (χ0v) is 21.1. The zero-order chi connectivity index (χ0) is 25.6. The molecule has 1 unspecified atom stereocenters. The lowest BCUT2D eigenvalue weighted by Crippen LogP contribution is -2.51. The van der Waals surface area contributed by atoms with E-state index >= 15 is 0 Å². The highest BCUT2D eigenvalue weighted by Gasteiger charge is 2.33. The highest BCUT2D eigenvalue weighted by atomic mass is 32.2. The number of amides is 2. The lowest BCUT2D eigenvalue weighted by atomic mass is 9.86. The van der Waals surface area contributed by atoms with Gasteiger partial charge in [-0.05, 0) is 47.9 Å². The fourth-order valence-corrected chi connectivity index (χ4v) is 5.48. The average molecular weight is 501 g/mol. The van der Waals surface area contributed by atoms with Crippen LogP contribution in [0.15, 0.2) is 42.5 Å². The van der Waals surface area contributed by atoms with Crippen LogP contribution in [0.3, 0.4) is 0 Å². The molecule has 4 N–H and O–H groups in total. The van der Waals surface area contributed by atoms with Gasteiger partial charge in [-0.2, -0.15) is 0 Å². The van der Waals surface area contributed by atoms with Crippen LogP contribution < -0.4 is 16.0 Å². The third kappa shape index (κ3) is 7.21. The fourth-order valence-electron chi connectivity index (χ4n) is 4.15. The van der Waals surface area contributed by atoms with Crippen molar-refractivity contribution in [1.29, 1.82) is 5.41 Å². The molecule has 188 valence electrons. The minimum atomic E-state index is -0.915. The number of anilines is 2. The van der Waals surface area contributed by atoms with Crippen LogP contribution >= 0.6 is 0 Å². The SMILES string of the molecule is CC(C)(C)c1ccc(NC(=O)C(NC(=O)CNc2ccccc2C=N)C2CCS(=O)CC2)cc1F. The molecule has 0 spiro atoms. The summed E-state index contributed by atoms with van der Waals surface area (Å²) < 4.78 is 26.5. The summed E-state index contributed by atoms with van der Waals surface area (Å²) in [7, 11) is -0.915. The van der Waals surface area contributed by atoms with Gasteiger partial charge >= 0.3 is 0 Å². The van der Waals surface area contributed by atoms with Gasteiger partial charge in [0.15, 0.2) is 0 Å². The molecule has 0 aliphatic carbocycles. The number of nitrogens with one attached hydrogen (secondary N) is 4. The quantitative estimate of drug-likeness (QED) is 0.413. The molecular formula is C26H33FN4O3S. The van der Waals surface area contributed by atoms with Gasteiger partial charge in [-0.1, -0.05) is 45.0 Å². The Hall–Kier alpha value is -3.07. The van der Waals surface area contributed by atoms with Crippen molar-refractivity contribution >= 4 is 40.2 Å². The second kappa shape index (κ2) is 11.6. The summed E-state index contributed by atoms with van der Waals surface area (Å²) in [4.78, 5) is 26.0. The predicted octanol–water partition coefficient (Wildman–Crippen LogP) is 3.81. The molecule has 0 bridgehead atoms. The molecule has 7 nitrogen and oxygen atoms in total. The molecule has 9 heteroatoms. The van der Waals surface area contributed by atoms with Crippen LogP contribution in [0, 0.1) is 17.1 Å². The number of hydrogen-bond acceptors (Lipinski definition) is 5. The summed E-state index contributed by atoms with van der Waals surface area (Å²) in [5.41, 5.74) is 1.78. The van der Waals surface area contributed by atoms with Crippen molar-refractivity contribution in [2.75, 3.05) is 28.7 Å². The maximum Gasteiger partial charge on any atom is 0.247 e. The third-order valence-corrected chi connectivity index (χ3v) is 7.49. The molecule has 2 aromatic carbocycles. The third-order valence-electron chi connectivity index (χ3n) is 6.10. The van der Waals surface area contributed by atoms with E-state index < -0.39 is 28.6 Å². The van der Waals surface area contributed by atoms with Crippen molar-refractivity contribution < 1.29 is 18.2 Å². The molecule has 2 amide bonds. The standard InChI is InChI=1S/C26H33FN4O3S/c1-26(2,3)20-9-8-19(14-21(20)27)30-25(33)24(17-10-12-35(34)13-11-17)31-23(32)16-29-22-7-5-4-6-18(22)15-28/h4-9,14-15,17,24,28-29H,10-13,16H2,1-3H3,(H,30,33)(H,31,32). The lowest BCUT2D eigenvalue weighted by Gasteiger charge is -2.30. The first kappa shape index (κ1) is 26.5. The topological polar surface area (TPSA) is 111 Å². The zero-order valence-electron chi connectivity index (χ0n) is 20.3. The first-order valence-corrected chi connectivity index (χ1v) is 13.2. The number of hydrogen-bond donors (Lipinski definition) is 4. The summed E-state index contributed by atoms with van der Waals surface area (Å²) in [6.07, 6.45) is 2.29. The van der Waals surface area contributed by atoms with Gasteiger partial charge in [0.2, 0.25) is 11.8 Å². The second-order valence-electron chi connectivity index (χ2n) is 9.75. The van der Waals surface area contributed by atoms with E-state index in [2.05, 4.69) is 16.0 Å². The summed E-state index contributed by atoms with van der Waals surface area (Å²) in [5, 5.41) is 16.1. The molecule has 1 saturated heterocycles. The average Bonchev–Trinajstić information content (AvgIpc) is 2.81. The van der Waals surface area contributed by atoms with Crippen LogP contribution in [0.2, 0.25) is 0 Å². The van der Waals surface area contributed by atoms with E-state index in [1.54, 1.807) is 36.4 Å². The van der Waals surface area contributed by atoms with Crippen molar-refractivity contribution in [2.45, 2.75) is 45.1 Å². The number of benzene rings is 2. The van der Waals surface area contributed by atoms with E-state index in [0.29, 0.717) is 46.8 Å². The first-order valence-electron chi connectivity index (χ1n) is 11.7. The number of para-hydroxylation sites is 1. The Bertz CT molecular complexity index is 1110. The van der Waals surface area contributed by atoms with Crippen molar-refractivity contribution in [3.8, 4) is 0 Å². The Morgan fingerprint density at radius 1 is 1.17 bits per heavy atom. The molecule has 0 saturated carbocycles. The van der Waals surface area contributed by atoms with Crippen LogP contribution in [-0.2, 0) is 25.8 Å². The predicted molar refractivity (Wildman–Crippen MR) is 139 cm³/mol. The summed E-state index contributed by atoms with van der Waals surface area (Å²) in [6.45, 7) is 5.66. The summed E-state index contributed by atoms with van der Waals surface area (Å²) in [5.74, 6) is -0.444. The number of carbonyl (C=O) groups is 2. The molecule has 1 atom stereocenters. The minimum absolute atomic E-state index is 0.0812. The molecule has 1 fully saturated rings. The van der Waals surface area contributed by atoms with E-state index in [-0.39, 0.29) is 23.8 Å². The Morgan fingerprint density at radius 2 is 1.86 bits per heavy atom. The molecule has 3 rings (SSSR count). The number of rotatable bonds is 8. The maximum atomic E-state index is 14.6. The summed E-state index contributed by atoms with van der Waals surface area (Å²) >= 11 is 0. The van der Waals surface area contributed by atoms with Gasteiger partial charge in [-0.25, -0.2) is 4.39 Å². The Morgan fingerprint density at radius 3 is 2.49 bits per heavy atom. The van der Waals surface area contributed by atoms with Crippen molar-refractivity contribution in [1.82, 2.24) is 5.32 Å². The molecule has 1 heterocycles. The van der Waals surface area contributed by atoms with Crippen LogP contribution in [0.4, 0.5) is 15.8 Å². The largest absolute Gasteiger partial charge is 0.376 e. The van der Waals surface area contributed by atoms with Crippen LogP contribution in [0.25, 0.3) is 0 Å². The lowest BCUT2D eigenvalue weighted by molar-refractivity contribution is -0.126. The van der Waals surface area contributed by atoms with Gasteiger partial charge in [-0.3, -0.25) is 13.8 Å². The van der Waals surface area contributed by atoms with Crippen LogP contribution in [0.5, 0.6) is 0 Å². The normalized spacial score (nSPS) is 18.9. The minimum Gasteiger partial charge on any atom is -0.376 e. The smallest absolute Gasteiger partial charge is 0.247 e. The number of carbonyl (C=O) groups excluding carboxylic acids is 2. The van der Waals surface area contributed by atoms with E-state index in [1.165, 1.54) is 12.3 Å². The number of halogens is 1. The maximum absolute atomic E-state index is 14.6. The van der Waals surface area contributed by atoms with Crippen molar-refractivity contribution in [3.05, 3.63) is 59.4 Å². The molecule has 0 aromatic heterocycles. The molecule has 1 aliphatic heterocycles. The fraction of sp³-hybridized carbons (Fsp3) is 0.423. The van der Waals surface area contributed by atoms with Gasteiger partial charge in [0.1, 0.15) is 11.9 Å². The van der Waals surface area contributed by atoms with E-state index in [1.807, 2.05) is 20.8 Å². The highest BCUT2D eigenvalue weighted by molar-refractivity contribution is 7.85. The van der Waals surface area contributed by atoms with E-state index in [4.69, 9.17) is 5.41 Å². The van der Waals surface area contributed by atoms with Gasteiger partial charge < -0.3 is 21.4 Å². The molecular weight excluding hydrogens is 467 g/mol. The van der Waals surface area contributed by atoms with Crippen molar-refractivity contribution in [2.24, 2.45) is 5.92 Å². The molecule has 35 heavy (non-hydrogen) atoms. The van der Waals surface area contributed by atoms with Gasteiger partial charge in [0.25, 0.3) is 0 Å².